The highest BCUT2D eigenvalue weighted by atomic mass is 35.5. The summed E-state index contributed by atoms with van der Waals surface area (Å²) in [4.78, 5) is 0. The van der Waals surface area contributed by atoms with Gasteiger partial charge < -0.3 is 17.5 Å². The van der Waals surface area contributed by atoms with Gasteiger partial charge in [-0.3, -0.25) is 11.7 Å². The lowest BCUT2D eigenvalue weighted by atomic mass is 10.7. The highest BCUT2D eigenvalue weighted by Crippen LogP contribution is 1.84. The zero-order valence-corrected chi connectivity index (χ0v) is 5.99. The monoisotopic (exact) mass is 164 g/mol. The fourth-order valence-corrected chi connectivity index (χ4v) is 0.612. The number of nitrogens with two attached hydrogens (primary N) is 2. The molecule has 0 spiro atoms. The van der Waals surface area contributed by atoms with Gasteiger partial charge in [0.15, 0.2) is 12.4 Å². The van der Waals surface area contributed by atoms with Crippen LogP contribution in [0.4, 0.5) is 0 Å². The van der Waals surface area contributed by atoms with Crippen LogP contribution in [-0.2, 0) is 6.61 Å². The Morgan fingerprint density at radius 2 is 2.30 bits per heavy atom. The van der Waals surface area contributed by atoms with Crippen LogP contribution in [0.3, 0.4) is 0 Å². The maximum absolute atomic E-state index is 8.59. The minimum Gasteiger partial charge on any atom is -1.00 e. The molecule has 58 valence electrons. The van der Waals surface area contributed by atoms with Crippen LogP contribution in [-0.4, -0.2) is 9.78 Å². The Morgan fingerprint density at radius 1 is 1.70 bits per heavy atom. The molecule has 5 nitrogen and oxygen atoms in total. The second-order valence-corrected chi connectivity index (χ2v) is 1.69. The lowest BCUT2D eigenvalue weighted by Gasteiger charge is -1.88. The maximum Gasteiger partial charge on any atom is 0.328 e. The van der Waals surface area contributed by atoms with E-state index in [2.05, 4.69) is 0 Å². The van der Waals surface area contributed by atoms with Crippen LogP contribution in [0.15, 0.2) is 12.4 Å². The van der Waals surface area contributed by atoms with Crippen LogP contribution in [0.2, 0.25) is 0 Å². The molecule has 0 aliphatic carbocycles. The molecule has 0 amide bonds. The van der Waals surface area contributed by atoms with Gasteiger partial charge in [0.1, 0.15) is 6.61 Å². The Morgan fingerprint density at radius 3 is 2.50 bits per heavy atom. The van der Waals surface area contributed by atoms with Crippen molar-refractivity contribution in [2.24, 2.45) is 0 Å². The van der Waals surface area contributed by atoms with E-state index in [1.165, 1.54) is 9.35 Å². The first kappa shape index (κ1) is 9.06. The largest absolute Gasteiger partial charge is 1.00 e. The van der Waals surface area contributed by atoms with Crippen molar-refractivity contribution in [3.63, 3.8) is 0 Å². The van der Waals surface area contributed by atoms with Gasteiger partial charge in [-0.1, -0.05) is 0 Å². The number of rotatable bonds is 1. The van der Waals surface area contributed by atoms with E-state index in [1.54, 1.807) is 12.4 Å². The fourth-order valence-electron chi connectivity index (χ4n) is 0.612. The lowest BCUT2D eigenvalue weighted by Crippen LogP contribution is -3.00. The first-order valence-corrected chi connectivity index (χ1v) is 2.48. The predicted molar refractivity (Wildman–Crippen MR) is 30.9 cm³/mol. The number of hydrogen-bond donors (Lipinski definition) is 3. The fraction of sp³-hybridized carbons (Fsp3) is 0.250. The van der Waals surface area contributed by atoms with Gasteiger partial charge in [-0.2, -0.15) is 0 Å². The van der Waals surface area contributed by atoms with Crippen molar-refractivity contribution < 1.29 is 22.2 Å². The number of nitrogens with zero attached hydrogens (tertiary/aromatic N) is 2. The SMILES string of the molecule is Nn1cc[n+](N)c1CO.[Cl-]. The highest BCUT2D eigenvalue weighted by Gasteiger charge is 2.09. The molecule has 1 heterocycles. The maximum atomic E-state index is 8.59. The number of imidazole rings is 1. The normalized spacial score (nSPS) is 8.90. The number of nitrogen functional groups attached to an aromatic ring is 2. The molecule has 0 aromatic carbocycles. The van der Waals surface area contributed by atoms with Crippen molar-refractivity contribution in [2.75, 3.05) is 11.7 Å². The summed E-state index contributed by atoms with van der Waals surface area (Å²) in [6.07, 6.45) is 3.12. The molecular weight excluding hydrogens is 156 g/mol. The molecule has 6 heteroatoms. The van der Waals surface area contributed by atoms with E-state index < -0.39 is 0 Å². The second-order valence-electron chi connectivity index (χ2n) is 1.69. The Kier molecular flexibility index (Phi) is 2.98. The third-order valence-electron chi connectivity index (χ3n) is 1.13. The number of aliphatic hydroxyl groups excluding tert-OH is 1. The van der Waals surface area contributed by atoms with E-state index in [0.717, 1.165) is 0 Å². The zero-order valence-electron chi connectivity index (χ0n) is 5.24. The molecule has 10 heavy (non-hydrogen) atoms. The Hall–Kier alpha value is -0.940. The summed E-state index contributed by atoms with van der Waals surface area (Å²) < 4.78 is 2.53. The Balaban J connectivity index is 0.000000810. The average molecular weight is 165 g/mol. The summed E-state index contributed by atoms with van der Waals surface area (Å²) in [5, 5.41) is 8.59. The molecule has 0 atom stereocenters. The summed E-state index contributed by atoms with van der Waals surface area (Å²) in [7, 11) is 0. The molecule has 0 aliphatic heterocycles. The molecule has 0 radical (unpaired) electrons. The van der Waals surface area contributed by atoms with Crippen LogP contribution < -0.4 is 28.8 Å². The average Bonchev–Trinajstić information content (AvgIpc) is 2.12. The standard InChI is InChI=1S/C4H9N4O.ClH/c5-7-1-2-8(6)4(7)3-9;/h1-2,9H,3,5-6H2;1H/q+1;/p-1. The number of halogens is 1. The number of hydrogen-bond acceptors (Lipinski definition) is 3. The van der Waals surface area contributed by atoms with Crippen molar-refractivity contribution in [3.05, 3.63) is 18.2 Å². The van der Waals surface area contributed by atoms with Gasteiger partial charge in [-0.05, 0) is 0 Å². The first-order chi connectivity index (χ1) is 4.25. The molecule has 0 saturated heterocycles. The van der Waals surface area contributed by atoms with Gasteiger partial charge in [0.2, 0.25) is 0 Å². The predicted octanol–water partition coefficient (Wildman–Crippen LogP) is -5.30. The van der Waals surface area contributed by atoms with E-state index in [4.69, 9.17) is 16.8 Å². The van der Waals surface area contributed by atoms with E-state index in [1.807, 2.05) is 0 Å². The molecule has 1 aromatic heterocycles. The lowest BCUT2D eigenvalue weighted by molar-refractivity contribution is -0.648. The van der Waals surface area contributed by atoms with Gasteiger partial charge in [0, 0.05) is 0 Å². The highest BCUT2D eigenvalue weighted by molar-refractivity contribution is 4.79. The molecule has 0 fully saturated rings. The Labute approximate surface area is 64.2 Å². The van der Waals surface area contributed by atoms with Gasteiger partial charge in [0.25, 0.3) is 0 Å². The summed E-state index contributed by atoms with van der Waals surface area (Å²) >= 11 is 0. The molecule has 1 rings (SSSR count). The minimum absolute atomic E-state index is 0. The zero-order chi connectivity index (χ0) is 6.85. The summed E-state index contributed by atoms with van der Waals surface area (Å²) in [5.41, 5.74) is 0. The van der Waals surface area contributed by atoms with Crippen LogP contribution in [0.1, 0.15) is 5.82 Å². The third kappa shape index (κ3) is 1.31. The second kappa shape index (κ2) is 3.28. The molecule has 0 unspecified atom stereocenters. The topological polar surface area (TPSA) is 81.1 Å². The van der Waals surface area contributed by atoms with Crippen LogP contribution in [0.25, 0.3) is 0 Å². The van der Waals surface area contributed by atoms with Crippen LogP contribution in [0, 0.1) is 0 Å². The van der Waals surface area contributed by atoms with Gasteiger partial charge in [-0.15, -0.1) is 9.35 Å². The van der Waals surface area contributed by atoms with E-state index >= 15 is 0 Å². The number of aromatic nitrogens is 2. The third-order valence-corrected chi connectivity index (χ3v) is 1.13. The van der Waals surface area contributed by atoms with E-state index in [0.29, 0.717) is 5.82 Å². The van der Waals surface area contributed by atoms with Crippen molar-refractivity contribution in [3.8, 4) is 0 Å². The molecule has 1 aromatic rings. The van der Waals surface area contributed by atoms with E-state index in [-0.39, 0.29) is 19.0 Å². The minimum atomic E-state index is -0.153. The van der Waals surface area contributed by atoms with Crippen LogP contribution in [0.5, 0.6) is 0 Å². The first-order valence-electron chi connectivity index (χ1n) is 2.48. The van der Waals surface area contributed by atoms with Gasteiger partial charge >= 0.3 is 5.82 Å². The van der Waals surface area contributed by atoms with Gasteiger partial charge in [-0.25, -0.2) is 0 Å². The molecular formula is C4H9ClN4O. The van der Waals surface area contributed by atoms with Crippen LogP contribution >= 0.6 is 0 Å². The molecule has 0 saturated carbocycles. The number of aliphatic hydroxyl groups is 1. The van der Waals surface area contributed by atoms with Crippen molar-refractivity contribution in [1.29, 1.82) is 0 Å². The molecule has 5 N–H and O–H groups in total. The summed E-state index contributed by atoms with van der Waals surface area (Å²) in [5.74, 6) is 11.1. The molecule has 0 bridgehead atoms. The van der Waals surface area contributed by atoms with E-state index in [9.17, 15) is 0 Å². The Bertz CT molecular complexity index is 192. The van der Waals surface area contributed by atoms with Crippen molar-refractivity contribution in [1.82, 2.24) is 4.68 Å². The van der Waals surface area contributed by atoms with Gasteiger partial charge in [0.05, 0.1) is 0 Å². The smallest absolute Gasteiger partial charge is 0.328 e. The quantitative estimate of drug-likeness (QED) is 0.287. The van der Waals surface area contributed by atoms with Crippen molar-refractivity contribution >= 4 is 0 Å². The summed E-state index contributed by atoms with van der Waals surface area (Å²) in [6.45, 7) is -0.153. The summed E-state index contributed by atoms with van der Waals surface area (Å²) in [6, 6.07) is 0. The van der Waals surface area contributed by atoms with Crippen molar-refractivity contribution in [2.45, 2.75) is 6.61 Å². The molecule has 0 aliphatic rings.